The summed E-state index contributed by atoms with van der Waals surface area (Å²) in [6.07, 6.45) is -0.279. The number of carbonyl (C=O) groups excluding carboxylic acids is 3. The van der Waals surface area contributed by atoms with E-state index in [2.05, 4.69) is 20.5 Å². The Hall–Kier alpha value is -3.30. The van der Waals surface area contributed by atoms with Crippen molar-refractivity contribution in [3.05, 3.63) is 35.4 Å². The third kappa shape index (κ3) is 6.94. The molecule has 1 aliphatic rings. The van der Waals surface area contributed by atoms with Crippen molar-refractivity contribution in [3.63, 3.8) is 0 Å². The molecule has 4 N–H and O–H groups in total. The molecule has 1 aromatic carbocycles. The Labute approximate surface area is 176 Å². The highest BCUT2D eigenvalue weighted by molar-refractivity contribution is 5.96. The standard InChI is InChI=1S/C20H30N6O4/c1-3-22-19(25-9-11-26(12-10-25)20(29)30-4-2)24-13-15-5-7-16(8-6-15)18(28)23-14-17(21)27/h5-8H,3-4,9-14H2,1-2H3,(H2,21,27)(H,22,24)(H,23,28). The highest BCUT2D eigenvalue weighted by Gasteiger charge is 2.23. The third-order valence-electron chi connectivity index (χ3n) is 4.49. The van der Waals surface area contributed by atoms with Crippen molar-refractivity contribution in [2.45, 2.75) is 20.4 Å². The number of hydrogen-bond acceptors (Lipinski definition) is 5. The first-order valence-electron chi connectivity index (χ1n) is 10.0. The number of piperazine rings is 1. The van der Waals surface area contributed by atoms with Gasteiger partial charge < -0.3 is 30.9 Å². The Morgan fingerprint density at radius 2 is 1.67 bits per heavy atom. The second kappa shape index (κ2) is 11.6. The first-order chi connectivity index (χ1) is 14.4. The van der Waals surface area contributed by atoms with Crippen LogP contribution in [0.5, 0.6) is 0 Å². The van der Waals surface area contributed by atoms with Crippen LogP contribution in [0.15, 0.2) is 29.3 Å². The van der Waals surface area contributed by atoms with Crippen LogP contribution in [0.2, 0.25) is 0 Å². The molecule has 10 nitrogen and oxygen atoms in total. The van der Waals surface area contributed by atoms with Gasteiger partial charge in [-0.15, -0.1) is 0 Å². The lowest BCUT2D eigenvalue weighted by molar-refractivity contribution is -0.117. The molecule has 1 fully saturated rings. The van der Waals surface area contributed by atoms with E-state index in [1.54, 1.807) is 24.0 Å². The molecule has 1 aromatic rings. The summed E-state index contributed by atoms with van der Waals surface area (Å²) in [6.45, 7) is 7.66. The normalized spacial score (nSPS) is 14.3. The number of benzene rings is 1. The third-order valence-corrected chi connectivity index (χ3v) is 4.49. The first-order valence-corrected chi connectivity index (χ1v) is 10.0. The Bertz CT molecular complexity index is 757. The largest absolute Gasteiger partial charge is 0.450 e. The minimum atomic E-state index is -0.589. The van der Waals surface area contributed by atoms with Crippen LogP contribution in [0.3, 0.4) is 0 Å². The number of nitrogens with one attached hydrogen (secondary N) is 2. The van der Waals surface area contributed by atoms with E-state index in [9.17, 15) is 14.4 Å². The molecular weight excluding hydrogens is 388 g/mol. The van der Waals surface area contributed by atoms with Crippen LogP contribution in [-0.2, 0) is 16.1 Å². The van der Waals surface area contributed by atoms with Crippen LogP contribution in [0.1, 0.15) is 29.8 Å². The van der Waals surface area contributed by atoms with Crippen LogP contribution in [-0.4, -0.2) is 79.5 Å². The van der Waals surface area contributed by atoms with Crippen LogP contribution >= 0.6 is 0 Å². The maximum atomic E-state index is 11.9. The van der Waals surface area contributed by atoms with Gasteiger partial charge in [0.15, 0.2) is 5.96 Å². The maximum Gasteiger partial charge on any atom is 0.409 e. The molecule has 0 aromatic heterocycles. The van der Waals surface area contributed by atoms with E-state index < -0.39 is 5.91 Å². The van der Waals surface area contributed by atoms with E-state index in [0.29, 0.717) is 44.9 Å². The molecule has 2 rings (SSSR count). The molecule has 0 saturated carbocycles. The predicted octanol–water partition coefficient (Wildman–Crippen LogP) is 0.141. The number of nitrogens with zero attached hydrogens (tertiary/aromatic N) is 3. The van der Waals surface area contributed by atoms with Gasteiger partial charge in [-0.3, -0.25) is 9.59 Å². The van der Waals surface area contributed by atoms with Crippen LogP contribution in [0.25, 0.3) is 0 Å². The number of aliphatic imine (C=N–C) groups is 1. The average Bonchev–Trinajstić information content (AvgIpc) is 2.75. The first kappa shape index (κ1) is 23.0. The summed E-state index contributed by atoms with van der Waals surface area (Å²) in [6, 6.07) is 7.02. The minimum Gasteiger partial charge on any atom is -0.450 e. The Morgan fingerprint density at radius 1 is 1.03 bits per heavy atom. The number of ether oxygens (including phenoxy) is 1. The Kier molecular flexibility index (Phi) is 8.92. The van der Waals surface area contributed by atoms with Crippen molar-refractivity contribution in [1.29, 1.82) is 0 Å². The molecule has 3 amide bonds. The van der Waals surface area contributed by atoms with E-state index in [-0.39, 0.29) is 18.5 Å². The number of carbonyl (C=O) groups is 3. The van der Waals surface area contributed by atoms with Crippen molar-refractivity contribution in [1.82, 2.24) is 20.4 Å². The van der Waals surface area contributed by atoms with Gasteiger partial charge in [0.2, 0.25) is 5.91 Å². The smallest absolute Gasteiger partial charge is 0.409 e. The molecule has 1 aliphatic heterocycles. The predicted molar refractivity (Wildman–Crippen MR) is 113 cm³/mol. The number of guanidine groups is 1. The van der Waals surface area contributed by atoms with Crippen molar-refractivity contribution < 1.29 is 19.1 Å². The van der Waals surface area contributed by atoms with Gasteiger partial charge in [0.05, 0.1) is 19.7 Å². The van der Waals surface area contributed by atoms with E-state index in [1.165, 1.54) is 0 Å². The molecule has 0 atom stereocenters. The monoisotopic (exact) mass is 418 g/mol. The van der Waals surface area contributed by atoms with Gasteiger partial charge in [0.1, 0.15) is 0 Å². The van der Waals surface area contributed by atoms with Gasteiger partial charge in [-0.1, -0.05) is 12.1 Å². The molecule has 0 spiro atoms. The summed E-state index contributed by atoms with van der Waals surface area (Å²) in [5.74, 6) is -0.158. The van der Waals surface area contributed by atoms with E-state index >= 15 is 0 Å². The molecule has 10 heteroatoms. The highest BCUT2D eigenvalue weighted by atomic mass is 16.6. The summed E-state index contributed by atoms with van der Waals surface area (Å²) < 4.78 is 5.05. The van der Waals surface area contributed by atoms with Crippen molar-refractivity contribution >= 4 is 23.9 Å². The maximum absolute atomic E-state index is 11.9. The molecule has 30 heavy (non-hydrogen) atoms. The summed E-state index contributed by atoms with van der Waals surface area (Å²) in [7, 11) is 0. The number of amides is 3. The van der Waals surface area contributed by atoms with Gasteiger partial charge in [-0.25, -0.2) is 9.79 Å². The van der Waals surface area contributed by atoms with Gasteiger partial charge >= 0.3 is 6.09 Å². The lowest BCUT2D eigenvalue weighted by Crippen LogP contribution is -2.53. The summed E-state index contributed by atoms with van der Waals surface area (Å²) in [5, 5.41) is 5.73. The molecule has 0 radical (unpaired) electrons. The highest BCUT2D eigenvalue weighted by Crippen LogP contribution is 2.08. The molecule has 0 aliphatic carbocycles. The van der Waals surface area contributed by atoms with Crippen molar-refractivity contribution in [3.8, 4) is 0 Å². The summed E-state index contributed by atoms with van der Waals surface area (Å²) in [4.78, 5) is 43.0. The second-order valence-electron chi connectivity index (χ2n) is 6.69. The van der Waals surface area contributed by atoms with Crippen LogP contribution in [0.4, 0.5) is 4.79 Å². The number of nitrogens with two attached hydrogens (primary N) is 1. The molecule has 0 unspecified atom stereocenters. The molecule has 0 bridgehead atoms. The van der Waals surface area contributed by atoms with Gasteiger partial charge in [0.25, 0.3) is 5.91 Å². The van der Waals surface area contributed by atoms with Crippen LogP contribution in [0, 0.1) is 0 Å². The topological polar surface area (TPSA) is 129 Å². The molecule has 1 heterocycles. The number of hydrogen-bond donors (Lipinski definition) is 3. The van der Waals surface area contributed by atoms with E-state index in [0.717, 1.165) is 18.1 Å². The Morgan fingerprint density at radius 3 is 2.23 bits per heavy atom. The van der Waals surface area contributed by atoms with Crippen molar-refractivity contribution in [2.24, 2.45) is 10.7 Å². The summed E-state index contributed by atoms with van der Waals surface area (Å²) >= 11 is 0. The van der Waals surface area contributed by atoms with Gasteiger partial charge in [-0.2, -0.15) is 0 Å². The Balaban J connectivity index is 1.94. The second-order valence-corrected chi connectivity index (χ2v) is 6.69. The zero-order valence-electron chi connectivity index (χ0n) is 17.5. The lowest BCUT2D eigenvalue weighted by atomic mass is 10.1. The minimum absolute atomic E-state index is 0.194. The fraction of sp³-hybridized carbons (Fsp3) is 0.500. The van der Waals surface area contributed by atoms with E-state index in [1.807, 2.05) is 19.1 Å². The molecule has 164 valence electrons. The number of rotatable bonds is 7. The van der Waals surface area contributed by atoms with Gasteiger partial charge in [-0.05, 0) is 31.5 Å². The number of primary amides is 1. The fourth-order valence-corrected chi connectivity index (χ4v) is 2.94. The molecular formula is C20H30N6O4. The van der Waals surface area contributed by atoms with Crippen molar-refractivity contribution in [2.75, 3.05) is 45.9 Å². The molecule has 1 saturated heterocycles. The zero-order valence-corrected chi connectivity index (χ0v) is 17.5. The average molecular weight is 418 g/mol. The summed E-state index contributed by atoms with van der Waals surface area (Å²) in [5.41, 5.74) is 6.43. The zero-order chi connectivity index (χ0) is 21.9. The van der Waals surface area contributed by atoms with Crippen LogP contribution < -0.4 is 16.4 Å². The van der Waals surface area contributed by atoms with E-state index in [4.69, 9.17) is 10.5 Å². The van der Waals surface area contributed by atoms with Gasteiger partial charge in [0, 0.05) is 38.3 Å². The fourth-order valence-electron chi connectivity index (χ4n) is 2.94. The SMILES string of the molecule is CCNC(=NCc1ccc(C(=O)NCC(N)=O)cc1)N1CCN(C(=O)OCC)CC1. The lowest BCUT2D eigenvalue weighted by Gasteiger charge is -2.35. The quantitative estimate of drug-likeness (QED) is 0.427.